The first-order chi connectivity index (χ1) is 17.0. The van der Waals surface area contributed by atoms with Crippen molar-refractivity contribution in [2.24, 2.45) is 5.92 Å². The molecule has 0 fully saturated rings. The Morgan fingerprint density at radius 2 is 1.83 bits per heavy atom. The molecule has 4 aromatic rings. The van der Waals surface area contributed by atoms with Crippen LogP contribution in [0.15, 0.2) is 77.8 Å². The number of aromatic nitrogens is 3. The second-order valence-electron chi connectivity index (χ2n) is 9.32. The van der Waals surface area contributed by atoms with Gasteiger partial charge in [0.1, 0.15) is 5.82 Å². The summed E-state index contributed by atoms with van der Waals surface area (Å²) in [4.78, 5) is 16.8. The summed E-state index contributed by atoms with van der Waals surface area (Å²) in [7, 11) is 0. The van der Waals surface area contributed by atoms with Crippen LogP contribution in [0.4, 0.5) is 4.79 Å². The first-order valence-electron chi connectivity index (χ1n) is 12.0. The lowest BCUT2D eigenvalue weighted by Crippen LogP contribution is -2.43. The Labute approximate surface area is 211 Å². The van der Waals surface area contributed by atoms with E-state index in [0.29, 0.717) is 19.0 Å². The smallest absolute Gasteiger partial charge is 0.318 e. The highest BCUT2D eigenvalue weighted by Gasteiger charge is 2.35. The minimum absolute atomic E-state index is 0.0647. The molecule has 0 spiro atoms. The van der Waals surface area contributed by atoms with Crippen molar-refractivity contribution in [1.29, 1.82) is 0 Å². The van der Waals surface area contributed by atoms with E-state index in [1.54, 1.807) is 11.8 Å². The van der Waals surface area contributed by atoms with E-state index >= 15 is 0 Å². The lowest BCUT2D eigenvalue weighted by molar-refractivity contribution is 0.179. The summed E-state index contributed by atoms with van der Waals surface area (Å²) in [6.45, 7) is 7.34. The van der Waals surface area contributed by atoms with E-state index in [2.05, 4.69) is 84.7 Å². The van der Waals surface area contributed by atoms with Crippen LogP contribution in [0, 0.1) is 12.8 Å². The number of benzene rings is 2. The number of urea groups is 1. The first-order valence-corrected chi connectivity index (χ1v) is 13.2. The van der Waals surface area contributed by atoms with Crippen LogP contribution in [0.25, 0.3) is 11.5 Å². The molecule has 1 N–H and O–H groups in total. The fourth-order valence-corrected chi connectivity index (χ4v) is 5.09. The zero-order valence-electron chi connectivity index (χ0n) is 20.6. The summed E-state index contributed by atoms with van der Waals surface area (Å²) in [6, 6.07) is 22.6. The van der Waals surface area contributed by atoms with Crippen molar-refractivity contribution in [2.75, 3.05) is 12.8 Å². The van der Waals surface area contributed by atoms with Gasteiger partial charge in [-0.1, -0.05) is 44.2 Å². The Morgan fingerprint density at radius 3 is 2.51 bits per heavy atom. The summed E-state index contributed by atoms with van der Waals surface area (Å²) in [5, 5.41) is 8.07. The van der Waals surface area contributed by atoms with Gasteiger partial charge in [0.25, 0.3) is 0 Å². The molecular weight excluding hydrogens is 454 g/mol. The van der Waals surface area contributed by atoms with Gasteiger partial charge in [-0.25, -0.2) is 9.48 Å². The Balaban J connectivity index is 1.69. The molecule has 0 unspecified atom stereocenters. The summed E-state index contributed by atoms with van der Waals surface area (Å²) in [6.07, 6.45) is 4.15. The van der Waals surface area contributed by atoms with Crippen LogP contribution in [0.5, 0.6) is 0 Å². The van der Waals surface area contributed by atoms with Gasteiger partial charge in [-0.3, -0.25) is 0 Å². The predicted molar refractivity (Wildman–Crippen MR) is 141 cm³/mol. The molecule has 7 heteroatoms. The van der Waals surface area contributed by atoms with Gasteiger partial charge < -0.3 is 14.8 Å². The molecule has 180 valence electrons. The number of fused-ring (bicyclic) bond motifs is 3. The van der Waals surface area contributed by atoms with E-state index in [-0.39, 0.29) is 12.1 Å². The summed E-state index contributed by atoms with van der Waals surface area (Å²) in [5.41, 5.74) is 5.09. The van der Waals surface area contributed by atoms with Gasteiger partial charge in [-0.15, -0.1) is 11.8 Å². The van der Waals surface area contributed by atoms with Gasteiger partial charge in [0, 0.05) is 23.2 Å². The number of aryl methyl sites for hydroxylation is 1. The van der Waals surface area contributed by atoms with Crippen molar-refractivity contribution in [3.8, 4) is 11.5 Å². The fourth-order valence-electron chi connectivity index (χ4n) is 4.68. The third-order valence-corrected chi connectivity index (χ3v) is 7.18. The minimum Gasteiger partial charge on any atom is -0.338 e. The summed E-state index contributed by atoms with van der Waals surface area (Å²) in [5.74, 6) is 1.35. The lowest BCUT2D eigenvalue weighted by atomic mass is 10.0. The molecule has 5 rings (SSSR count). The summed E-state index contributed by atoms with van der Waals surface area (Å²) < 4.78 is 4.20. The van der Waals surface area contributed by atoms with Crippen molar-refractivity contribution in [1.82, 2.24) is 24.6 Å². The van der Waals surface area contributed by atoms with Gasteiger partial charge in [-0.05, 0) is 61.1 Å². The molecule has 6 nitrogen and oxygen atoms in total. The highest BCUT2D eigenvalue weighted by Crippen LogP contribution is 2.38. The van der Waals surface area contributed by atoms with Gasteiger partial charge in [0.15, 0.2) is 0 Å². The molecule has 0 saturated carbocycles. The van der Waals surface area contributed by atoms with E-state index in [0.717, 1.165) is 34.0 Å². The summed E-state index contributed by atoms with van der Waals surface area (Å²) >= 11 is 1.72. The van der Waals surface area contributed by atoms with E-state index in [1.807, 2.05) is 34.7 Å². The topological polar surface area (TPSA) is 55.1 Å². The van der Waals surface area contributed by atoms with E-state index in [1.165, 1.54) is 4.90 Å². The Hall–Kier alpha value is -3.45. The Bertz CT molecular complexity index is 1320. The molecule has 0 bridgehead atoms. The largest absolute Gasteiger partial charge is 0.338 e. The maximum atomic E-state index is 13.7. The molecule has 2 amide bonds. The van der Waals surface area contributed by atoms with Crippen molar-refractivity contribution in [3.05, 3.63) is 95.4 Å². The zero-order chi connectivity index (χ0) is 24.5. The van der Waals surface area contributed by atoms with Crippen LogP contribution < -0.4 is 5.32 Å². The van der Waals surface area contributed by atoms with Crippen molar-refractivity contribution >= 4 is 17.8 Å². The molecule has 0 saturated heterocycles. The number of carbonyl (C=O) groups is 1. The number of nitrogens with zero attached hydrogens (tertiary/aromatic N) is 4. The third-order valence-electron chi connectivity index (χ3n) is 6.44. The number of carbonyl (C=O) groups excluding carboxylic acids is 1. The zero-order valence-corrected chi connectivity index (χ0v) is 21.4. The molecule has 35 heavy (non-hydrogen) atoms. The fraction of sp³-hybridized carbons (Fsp3) is 0.286. The number of amides is 2. The van der Waals surface area contributed by atoms with Crippen molar-refractivity contribution < 1.29 is 4.79 Å². The van der Waals surface area contributed by atoms with Gasteiger partial charge in [0.2, 0.25) is 0 Å². The molecular formula is C28H31N5OS. The molecule has 3 heterocycles. The van der Waals surface area contributed by atoms with E-state index in [4.69, 9.17) is 5.10 Å². The standard InChI is InChI=1S/C28H31N5OS/c1-19(2)17-29-28(34)32-18-24-20(3)30-33(22-9-6-5-7-10-22)27(24)31-16-8-11-25(31)26(32)21-12-14-23(35-4)15-13-21/h5-16,19,26H,17-18H2,1-4H3,(H,29,34)/t26-/m1/s1. The highest BCUT2D eigenvalue weighted by atomic mass is 32.2. The molecule has 1 atom stereocenters. The monoisotopic (exact) mass is 485 g/mol. The second-order valence-corrected chi connectivity index (χ2v) is 10.2. The van der Waals surface area contributed by atoms with Crippen LogP contribution in [0.1, 0.15) is 42.4 Å². The van der Waals surface area contributed by atoms with Crippen molar-refractivity contribution in [3.63, 3.8) is 0 Å². The number of thioether (sulfide) groups is 1. The molecule has 2 aromatic heterocycles. The van der Waals surface area contributed by atoms with Crippen LogP contribution >= 0.6 is 11.8 Å². The lowest BCUT2D eigenvalue weighted by Gasteiger charge is -2.31. The van der Waals surface area contributed by atoms with Crippen LogP contribution in [0.3, 0.4) is 0 Å². The van der Waals surface area contributed by atoms with E-state index < -0.39 is 0 Å². The van der Waals surface area contributed by atoms with Gasteiger partial charge in [-0.2, -0.15) is 5.10 Å². The second kappa shape index (κ2) is 9.66. The molecule has 0 radical (unpaired) electrons. The predicted octanol–water partition coefficient (Wildman–Crippen LogP) is 5.96. The normalized spacial score (nSPS) is 15.0. The van der Waals surface area contributed by atoms with Crippen LogP contribution in [-0.2, 0) is 6.54 Å². The van der Waals surface area contributed by atoms with Crippen molar-refractivity contribution in [2.45, 2.75) is 38.3 Å². The number of rotatable bonds is 5. The SMILES string of the molecule is CSc1ccc([C@@H]2c3cccn3-c3c(c(C)nn3-c3ccccc3)CN2C(=O)NCC(C)C)cc1. The molecule has 1 aliphatic heterocycles. The number of hydrogen-bond acceptors (Lipinski definition) is 3. The molecule has 0 aliphatic carbocycles. The Kier molecular flexibility index (Phi) is 6.43. The van der Waals surface area contributed by atoms with Crippen LogP contribution in [0.2, 0.25) is 0 Å². The minimum atomic E-state index is -0.232. The molecule has 1 aliphatic rings. The Morgan fingerprint density at radius 1 is 1.09 bits per heavy atom. The quantitative estimate of drug-likeness (QED) is 0.355. The highest BCUT2D eigenvalue weighted by molar-refractivity contribution is 7.98. The van der Waals surface area contributed by atoms with Gasteiger partial charge in [0.05, 0.1) is 29.7 Å². The first kappa shape index (κ1) is 23.3. The van der Waals surface area contributed by atoms with Gasteiger partial charge >= 0.3 is 6.03 Å². The number of para-hydroxylation sites is 1. The maximum absolute atomic E-state index is 13.7. The van der Waals surface area contributed by atoms with E-state index in [9.17, 15) is 4.79 Å². The average Bonchev–Trinajstić information content (AvgIpc) is 3.43. The van der Waals surface area contributed by atoms with Crippen LogP contribution in [-0.4, -0.2) is 38.1 Å². The number of hydrogen-bond donors (Lipinski definition) is 1. The number of nitrogens with one attached hydrogen (secondary N) is 1. The average molecular weight is 486 g/mol. The third kappa shape index (κ3) is 4.36. The maximum Gasteiger partial charge on any atom is 0.318 e. The molecule has 2 aromatic carbocycles.